The molecule has 0 heterocycles. The Balaban J connectivity index is 0. The van der Waals surface area contributed by atoms with Crippen molar-refractivity contribution in [2.24, 2.45) is 0 Å². The number of carboxylic acid groups (broad SMARTS) is 1. The molecule has 0 aliphatic heterocycles. The average Bonchev–Trinajstić information content (AvgIpc) is 2.36. The van der Waals surface area contributed by atoms with Crippen molar-refractivity contribution in [1.29, 1.82) is 0 Å². The first kappa shape index (κ1) is 20.5. The van der Waals surface area contributed by atoms with Gasteiger partial charge in [0.25, 0.3) is 5.97 Å². The second-order valence-corrected chi connectivity index (χ2v) is 3.89. The van der Waals surface area contributed by atoms with E-state index in [1.54, 1.807) is 0 Å². The molecule has 0 unspecified atom stereocenters. The van der Waals surface area contributed by atoms with Crippen molar-refractivity contribution in [1.82, 2.24) is 0 Å². The van der Waals surface area contributed by atoms with Gasteiger partial charge in [-0.2, -0.15) is 0 Å². The Kier molecular flexibility index (Phi) is 15.6. The number of carboxylic acids is 1. The summed E-state index contributed by atoms with van der Waals surface area (Å²) in [5.41, 5.74) is 0. The van der Waals surface area contributed by atoms with Gasteiger partial charge < -0.3 is 14.6 Å². The van der Waals surface area contributed by atoms with Gasteiger partial charge in [-0.3, -0.25) is 4.79 Å². The van der Waals surface area contributed by atoms with E-state index >= 15 is 0 Å². The lowest BCUT2D eigenvalue weighted by Gasteiger charge is -2.00. The van der Waals surface area contributed by atoms with E-state index in [1.807, 2.05) is 13.8 Å². The fourth-order valence-electron chi connectivity index (χ4n) is 0.867. The van der Waals surface area contributed by atoms with E-state index in [1.165, 1.54) is 0 Å². The van der Waals surface area contributed by atoms with Crippen LogP contribution in [0, 0.1) is 0 Å². The van der Waals surface area contributed by atoms with E-state index in [0.29, 0.717) is 13.2 Å². The quantitative estimate of drug-likeness (QED) is 0.419. The van der Waals surface area contributed by atoms with Crippen LogP contribution in [0.3, 0.4) is 0 Å². The second-order valence-electron chi connectivity index (χ2n) is 3.89. The predicted octanol–water partition coefficient (Wildman–Crippen LogP) is 2.32. The lowest BCUT2D eigenvalue weighted by molar-refractivity contribution is -0.140. The molecule has 20 heavy (non-hydrogen) atoms. The zero-order valence-electron chi connectivity index (χ0n) is 12.4. The summed E-state index contributed by atoms with van der Waals surface area (Å²) in [5, 5.41) is 7.42. The van der Waals surface area contributed by atoms with Gasteiger partial charge in [0, 0.05) is 19.1 Å². The number of rotatable bonds is 8. The van der Waals surface area contributed by atoms with Crippen LogP contribution in [0.25, 0.3) is 0 Å². The molecule has 116 valence electrons. The molecule has 0 aliphatic rings. The van der Waals surface area contributed by atoms with Crippen molar-refractivity contribution >= 4 is 17.9 Å². The third-order valence-corrected chi connectivity index (χ3v) is 1.84. The zero-order valence-corrected chi connectivity index (χ0v) is 12.4. The lowest BCUT2D eigenvalue weighted by Crippen LogP contribution is -2.05. The van der Waals surface area contributed by atoms with Gasteiger partial charge in [0.15, 0.2) is 0 Å². The summed E-state index contributed by atoms with van der Waals surface area (Å²) < 4.78 is 9.65. The Bertz CT molecular complexity index is 281. The number of hydrogen-bond acceptors (Lipinski definition) is 5. The standard InChI is InChI=1S/C12H20O4.C2H4O2/c1-3-5-9-15-11(13)7-8-12(14)16-10-6-4-2;1-2(3)4/h7-8H,3-6,9-10H2,1-2H3;1H3,(H,3,4). The lowest BCUT2D eigenvalue weighted by atomic mass is 10.4. The van der Waals surface area contributed by atoms with Gasteiger partial charge in [0.05, 0.1) is 13.2 Å². The van der Waals surface area contributed by atoms with Crippen LogP contribution in [0.5, 0.6) is 0 Å². The van der Waals surface area contributed by atoms with E-state index < -0.39 is 17.9 Å². The van der Waals surface area contributed by atoms with Gasteiger partial charge in [-0.25, -0.2) is 9.59 Å². The van der Waals surface area contributed by atoms with Gasteiger partial charge in [-0.15, -0.1) is 0 Å². The molecule has 0 aliphatic carbocycles. The molecule has 0 rings (SSSR count). The number of ether oxygens (including phenoxy) is 2. The molecule has 0 amide bonds. The van der Waals surface area contributed by atoms with E-state index in [9.17, 15) is 9.59 Å². The first-order chi connectivity index (χ1) is 9.43. The normalized spacial score (nSPS) is 9.55. The number of unbranched alkanes of at least 4 members (excludes halogenated alkanes) is 2. The molecule has 0 spiro atoms. The Morgan fingerprint density at radius 3 is 1.45 bits per heavy atom. The van der Waals surface area contributed by atoms with Crippen molar-refractivity contribution in [3.63, 3.8) is 0 Å². The molecule has 0 aromatic heterocycles. The maximum absolute atomic E-state index is 11.0. The van der Waals surface area contributed by atoms with Crippen molar-refractivity contribution in [2.75, 3.05) is 13.2 Å². The Morgan fingerprint density at radius 1 is 0.900 bits per heavy atom. The topological polar surface area (TPSA) is 89.9 Å². The molecule has 6 heteroatoms. The number of aliphatic carboxylic acids is 1. The van der Waals surface area contributed by atoms with Crippen LogP contribution in [-0.2, 0) is 23.9 Å². The second kappa shape index (κ2) is 15.2. The van der Waals surface area contributed by atoms with Gasteiger partial charge >= 0.3 is 11.9 Å². The molecule has 0 aromatic rings. The molecule has 0 bridgehead atoms. The zero-order chi connectivity index (χ0) is 15.8. The smallest absolute Gasteiger partial charge is 0.331 e. The summed E-state index contributed by atoms with van der Waals surface area (Å²) in [6, 6.07) is 0. The van der Waals surface area contributed by atoms with Gasteiger partial charge in [-0.1, -0.05) is 26.7 Å². The summed E-state index contributed by atoms with van der Waals surface area (Å²) in [5.74, 6) is -1.83. The minimum Gasteiger partial charge on any atom is -0.481 e. The van der Waals surface area contributed by atoms with Crippen molar-refractivity contribution in [3.05, 3.63) is 12.2 Å². The van der Waals surface area contributed by atoms with Crippen molar-refractivity contribution in [3.8, 4) is 0 Å². The molecule has 1 N–H and O–H groups in total. The Labute approximate surface area is 119 Å². The van der Waals surface area contributed by atoms with E-state index in [0.717, 1.165) is 44.8 Å². The maximum atomic E-state index is 11.0. The minimum absolute atomic E-state index is 0.393. The number of carbonyl (C=O) groups is 3. The average molecular weight is 288 g/mol. The fourth-order valence-corrected chi connectivity index (χ4v) is 0.867. The van der Waals surface area contributed by atoms with Crippen LogP contribution in [0.15, 0.2) is 12.2 Å². The van der Waals surface area contributed by atoms with E-state index in [2.05, 4.69) is 0 Å². The van der Waals surface area contributed by atoms with Crippen LogP contribution in [-0.4, -0.2) is 36.2 Å². The Hall–Kier alpha value is -1.85. The van der Waals surface area contributed by atoms with Gasteiger partial charge in [-0.05, 0) is 12.8 Å². The van der Waals surface area contributed by atoms with Crippen molar-refractivity contribution < 1.29 is 29.0 Å². The van der Waals surface area contributed by atoms with Crippen LogP contribution < -0.4 is 0 Å². The van der Waals surface area contributed by atoms with Crippen LogP contribution in [0.2, 0.25) is 0 Å². The summed E-state index contributed by atoms with van der Waals surface area (Å²) in [7, 11) is 0. The van der Waals surface area contributed by atoms with E-state index in [-0.39, 0.29) is 0 Å². The van der Waals surface area contributed by atoms with Crippen LogP contribution in [0.1, 0.15) is 46.5 Å². The maximum Gasteiger partial charge on any atom is 0.331 e. The number of hydrogen-bond donors (Lipinski definition) is 1. The first-order valence-corrected chi connectivity index (χ1v) is 6.65. The van der Waals surface area contributed by atoms with Crippen LogP contribution in [0.4, 0.5) is 0 Å². The summed E-state index contributed by atoms with van der Waals surface area (Å²) in [6.45, 7) is 5.89. The molecular weight excluding hydrogens is 264 g/mol. The molecule has 6 nitrogen and oxygen atoms in total. The minimum atomic E-state index is -0.833. The predicted molar refractivity (Wildman–Crippen MR) is 74.2 cm³/mol. The third kappa shape index (κ3) is 21.4. The fraction of sp³-hybridized carbons (Fsp3) is 0.643. The van der Waals surface area contributed by atoms with Crippen molar-refractivity contribution in [2.45, 2.75) is 46.5 Å². The highest BCUT2D eigenvalue weighted by molar-refractivity contribution is 5.91. The summed E-state index contributed by atoms with van der Waals surface area (Å²) in [6.07, 6.45) is 5.81. The monoisotopic (exact) mass is 288 g/mol. The largest absolute Gasteiger partial charge is 0.481 e. The Morgan fingerprint density at radius 2 is 1.20 bits per heavy atom. The summed E-state index contributed by atoms with van der Waals surface area (Å²) >= 11 is 0. The molecule has 0 fully saturated rings. The third-order valence-electron chi connectivity index (χ3n) is 1.84. The molecule has 0 saturated heterocycles. The van der Waals surface area contributed by atoms with Gasteiger partial charge in [0.1, 0.15) is 0 Å². The molecule has 0 atom stereocenters. The van der Waals surface area contributed by atoms with E-state index in [4.69, 9.17) is 19.4 Å². The van der Waals surface area contributed by atoms with Crippen LogP contribution >= 0.6 is 0 Å². The highest BCUT2D eigenvalue weighted by atomic mass is 16.5. The number of esters is 2. The molecule has 0 saturated carbocycles. The highest BCUT2D eigenvalue weighted by Crippen LogP contribution is 1.92. The molecular formula is C14H24O6. The first-order valence-electron chi connectivity index (χ1n) is 6.65. The SMILES string of the molecule is CC(=O)O.CCCCOC(=O)C=CC(=O)OCCCC. The number of carbonyl (C=O) groups excluding carboxylic acids is 2. The molecule has 0 aromatic carbocycles. The summed E-state index contributed by atoms with van der Waals surface area (Å²) in [4.78, 5) is 31.1. The molecule has 0 radical (unpaired) electrons. The highest BCUT2D eigenvalue weighted by Gasteiger charge is 2.00. The van der Waals surface area contributed by atoms with Gasteiger partial charge in [0.2, 0.25) is 0 Å².